The number of benzene rings is 2. The number of nitrogens with zero attached hydrogens (tertiary/aromatic N) is 3. The van der Waals surface area contributed by atoms with Gasteiger partial charge in [0.15, 0.2) is 5.16 Å². The molecular formula is C23H25N5O4S. The summed E-state index contributed by atoms with van der Waals surface area (Å²) in [6.45, 7) is 4.02. The van der Waals surface area contributed by atoms with Gasteiger partial charge in [0.2, 0.25) is 11.8 Å². The number of aromatic nitrogens is 3. The van der Waals surface area contributed by atoms with Gasteiger partial charge in [-0.25, -0.2) is 4.79 Å². The van der Waals surface area contributed by atoms with Gasteiger partial charge in [-0.3, -0.25) is 9.59 Å². The maximum atomic E-state index is 12.3. The largest absolute Gasteiger partial charge is 0.462 e. The number of anilines is 2. The minimum atomic E-state index is -0.406. The summed E-state index contributed by atoms with van der Waals surface area (Å²) in [6.07, 6.45) is 0.0664. The minimum absolute atomic E-state index is 0.0664. The quantitative estimate of drug-likeness (QED) is 0.367. The summed E-state index contributed by atoms with van der Waals surface area (Å²) in [6, 6.07) is 14.0. The Morgan fingerprint density at radius 1 is 0.939 bits per heavy atom. The lowest BCUT2D eigenvalue weighted by atomic mass is 10.2. The van der Waals surface area contributed by atoms with Crippen molar-refractivity contribution in [1.82, 2.24) is 14.8 Å². The molecule has 2 amide bonds. The van der Waals surface area contributed by atoms with Crippen LogP contribution >= 0.6 is 11.8 Å². The second-order valence-corrected chi connectivity index (χ2v) is 8.13. The first-order chi connectivity index (χ1) is 15.9. The van der Waals surface area contributed by atoms with Crippen molar-refractivity contribution in [2.24, 2.45) is 7.05 Å². The van der Waals surface area contributed by atoms with Gasteiger partial charge in [-0.05, 0) is 50.2 Å². The first-order valence-electron chi connectivity index (χ1n) is 10.3. The van der Waals surface area contributed by atoms with Crippen molar-refractivity contribution in [1.29, 1.82) is 0 Å². The van der Waals surface area contributed by atoms with Crippen LogP contribution in [0, 0.1) is 6.92 Å². The molecule has 33 heavy (non-hydrogen) atoms. The normalized spacial score (nSPS) is 10.5. The molecule has 172 valence electrons. The molecule has 10 heteroatoms. The number of carbonyl (C=O) groups excluding carboxylic acids is 3. The van der Waals surface area contributed by atoms with Gasteiger partial charge in [0.05, 0.1) is 24.3 Å². The second-order valence-electron chi connectivity index (χ2n) is 7.18. The van der Waals surface area contributed by atoms with Crippen molar-refractivity contribution >= 4 is 40.9 Å². The van der Waals surface area contributed by atoms with Crippen LogP contribution in [0.2, 0.25) is 0 Å². The number of hydrogen-bond donors (Lipinski definition) is 2. The lowest BCUT2D eigenvalue weighted by Gasteiger charge is -2.07. The molecule has 3 aromatic rings. The summed E-state index contributed by atoms with van der Waals surface area (Å²) in [5.74, 6) is -0.227. The van der Waals surface area contributed by atoms with E-state index in [9.17, 15) is 14.4 Å². The predicted molar refractivity (Wildman–Crippen MR) is 126 cm³/mol. The van der Waals surface area contributed by atoms with Crippen molar-refractivity contribution in [3.05, 3.63) is 65.5 Å². The third-order valence-corrected chi connectivity index (χ3v) is 5.61. The molecule has 1 aromatic heterocycles. The molecule has 9 nitrogen and oxygen atoms in total. The standard InChI is InChI=1S/C23H25N5O4S/c1-4-32-22(31)16-7-11-18(12-8-16)25-21(30)14-33-23-27-26-19(28(23)3)13-20(29)24-17-9-5-15(2)6-10-17/h5-12H,4,13-14H2,1-3H3,(H,24,29)(H,25,30). The number of nitrogens with one attached hydrogen (secondary N) is 2. The number of ether oxygens (including phenoxy) is 1. The Morgan fingerprint density at radius 3 is 2.18 bits per heavy atom. The first kappa shape index (κ1) is 24.0. The van der Waals surface area contributed by atoms with E-state index in [0.29, 0.717) is 34.5 Å². The molecular weight excluding hydrogens is 442 g/mol. The highest BCUT2D eigenvalue weighted by Gasteiger charge is 2.15. The summed E-state index contributed by atoms with van der Waals surface area (Å²) in [4.78, 5) is 36.3. The van der Waals surface area contributed by atoms with E-state index in [0.717, 1.165) is 5.56 Å². The summed E-state index contributed by atoms with van der Waals surface area (Å²) in [5, 5.41) is 14.3. The molecule has 0 aliphatic heterocycles. The average Bonchev–Trinajstić information content (AvgIpc) is 3.13. The van der Waals surface area contributed by atoms with Crippen LogP contribution in [-0.4, -0.2) is 44.9 Å². The van der Waals surface area contributed by atoms with Gasteiger partial charge in [0.1, 0.15) is 5.82 Å². The number of hydrogen-bond acceptors (Lipinski definition) is 7. The number of amides is 2. The van der Waals surface area contributed by atoms with Crippen LogP contribution in [-0.2, 0) is 27.8 Å². The first-order valence-corrected chi connectivity index (χ1v) is 11.3. The second kappa shape index (κ2) is 11.3. The zero-order valence-corrected chi connectivity index (χ0v) is 19.4. The molecule has 3 rings (SSSR count). The van der Waals surface area contributed by atoms with Crippen LogP contribution in [0.3, 0.4) is 0 Å². The zero-order chi connectivity index (χ0) is 23.8. The van der Waals surface area contributed by atoms with Crippen LogP contribution in [0.1, 0.15) is 28.7 Å². The van der Waals surface area contributed by atoms with Crippen molar-refractivity contribution in [2.75, 3.05) is 23.0 Å². The van der Waals surface area contributed by atoms with E-state index in [2.05, 4.69) is 20.8 Å². The lowest BCUT2D eigenvalue weighted by Crippen LogP contribution is -2.17. The van der Waals surface area contributed by atoms with Crippen LogP contribution in [0.25, 0.3) is 0 Å². The van der Waals surface area contributed by atoms with Gasteiger partial charge in [-0.15, -0.1) is 10.2 Å². The van der Waals surface area contributed by atoms with E-state index in [1.807, 2.05) is 31.2 Å². The maximum absolute atomic E-state index is 12.3. The molecule has 0 spiro atoms. The molecule has 2 aromatic carbocycles. The van der Waals surface area contributed by atoms with Crippen LogP contribution in [0.5, 0.6) is 0 Å². The molecule has 0 aliphatic rings. The Hall–Kier alpha value is -3.66. The molecule has 0 bridgehead atoms. The Bertz CT molecular complexity index is 1130. The maximum Gasteiger partial charge on any atom is 0.338 e. The van der Waals surface area contributed by atoms with Gasteiger partial charge < -0.3 is 19.9 Å². The fourth-order valence-corrected chi connectivity index (χ4v) is 3.57. The van der Waals surface area contributed by atoms with E-state index >= 15 is 0 Å². The van der Waals surface area contributed by atoms with E-state index in [4.69, 9.17) is 4.74 Å². The van der Waals surface area contributed by atoms with Gasteiger partial charge >= 0.3 is 5.97 Å². The predicted octanol–water partition coefficient (Wildman–Crippen LogP) is 3.21. The summed E-state index contributed by atoms with van der Waals surface area (Å²) >= 11 is 1.21. The van der Waals surface area contributed by atoms with Gasteiger partial charge in [-0.2, -0.15) is 0 Å². The van der Waals surface area contributed by atoms with Crippen LogP contribution < -0.4 is 10.6 Å². The van der Waals surface area contributed by atoms with E-state index < -0.39 is 5.97 Å². The fraction of sp³-hybridized carbons (Fsp3) is 0.261. The summed E-state index contributed by atoms with van der Waals surface area (Å²) in [5.41, 5.74) is 2.82. The Balaban J connectivity index is 1.49. The van der Waals surface area contributed by atoms with Crippen LogP contribution in [0.4, 0.5) is 11.4 Å². The smallest absolute Gasteiger partial charge is 0.338 e. The number of thioether (sulfide) groups is 1. The number of carbonyl (C=O) groups is 3. The number of aryl methyl sites for hydroxylation is 1. The third-order valence-electron chi connectivity index (χ3n) is 4.59. The monoisotopic (exact) mass is 467 g/mol. The van der Waals surface area contributed by atoms with Crippen molar-refractivity contribution in [2.45, 2.75) is 25.4 Å². The van der Waals surface area contributed by atoms with Gasteiger partial charge in [0, 0.05) is 18.4 Å². The number of rotatable bonds is 9. The third kappa shape index (κ3) is 6.91. The Kier molecular flexibility index (Phi) is 8.20. The van der Waals surface area contributed by atoms with Crippen LogP contribution in [0.15, 0.2) is 53.7 Å². The molecule has 0 atom stereocenters. The van der Waals surface area contributed by atoms with Crippen molar-refractivity contribution in [3.8, 4) is 0 Å². The molecule has 1 heterocycles. The molecule has 0 fully saturated rings. The zero-order valence-electron chi connectivity index (χ0n) is 18.6. The summed E-state index contributed by atoms with van der Waals surface area (Å²) in [7, 11) is 1.75. The van der Waals surface area contributed by atoms with Crippen molar-refractivity contribution < 1.29 is 19.1 Å². The highest BCUT2D eigenvalue weighted by Crippen LogP contribution is 2.18. The average molecular weight is 468 g/mol. The van der Waals surface area contributed by atoms with E-state index in [1.54, 1.807) is 42.8 Å². The molecule has 0 saturated heterocycles. The van der Waals surface area contributed by atoms with E-state index in [-0.39, 0.29) is 24.0 Å². The van der Waals surface area contributed by atoms with Gasteiger partial charge in [0.25, 0.3) is 0 Å². The molecule has 0 unspecified atom stereocenters. The summed E-state index contributed by atoms with van der Waals surface area (Å²) < 4.78 is 6.63. The molecule has 2 N–H and O–H groups in total. The van der Waals surface area contributed by atoms with Gasteiger partial charge in [-0.1, -0.05) is 29.5 Å². The Morgan fingerprint density at radius 2 is 1.55 bits per heavy atom. The fourth-order valence-electron chi connectivity index (χ4n) is 2.84. The topological polar surface area (TPSA) is 115 Å². The number of esters is 1. The molecule has 0 radical (unpaired) electrons. The highest BCUT2D eigenvalue weighted by molar-refractivity contribution is 7.99. The van der Waals surface area contributed by atoms with Crippen molar-refractivity contribution in [3.63, 3.8) is 0 Å². The van der Waals surface area contributed by atoms with E-state index in [1.165, 1.54) is 11.8 Å². The molecule has 0 aliphatic carbocycles. The Labute approximate surface area is 195 Å². The highest BCUT2D eigenvalue weighted by atomic mass is 32.2. The lowest BCUT2D eigenvalue weighted by molar-refractivity contribution is -0.116. The minimum Gasteiger partial charge on any atom is -0.462 e. The SMILES string of the molecule is CCOC(=O)c1ccc(NC(=O)CSc2nnc(CC(=O)Nc3ccc(C)cc3)n2C)cc1. The molecule has 0 saturated carbocycles.